The molecule has 1 atom stereocenters. The maximum Gasteiger partial charge on any atom is 0.151 e. The Balaban J connectivity index is 1.34. The smallest absolute Gasteiger partial charge is 0.151 e. The molecule has 0 amide bonds. The number of halogens is 2. The van der Waals surface area contributed by atoms with Crippen LogP contribution in [-0.2, 0) is 0 Å². The van der Waals surface area contributed by atoms with Crippen molar-refractivity contribution in [2.24, 2.45) is 5.73 Å². The van der Waals surface area contributed by atoms with Crippen LogP contribution in [0.1, 0.15) is 31.4 Å². The summed E-state index contributed by atoms with van der Waals surface area (Å²) in [6.07, 6.45) is 4.20. The topological polar surface area (TPSA) is 126 Å². The van der Waals surface area contributed by atoms with E-state index in [4.69, 9.17) is 38.8 Å². The number of pyridine rings is 1. The van der Waals surface area contributed by atoms with Crippen molar-refractivity contribution in [1.29, 1.82) is 0 Å². The molecule has 4 heterocycles. The molecule has 1 fully saturated rings. The lowest BCUT2D eigenvalue weighted by Crippen LogP contribution is -2.67. The van der Waals surface area contributed by atoms with Crippen LogP contribution in [0.25, 0.3) is 22.3 Å². The van der Waals surface area contributed by atoms with E-state index in [2.05, 4.69) is 30.3 Å². The zero-order valence-electron chi connectivity index (χ0n) is 19.1. The maximum atomic E-state index is 9.04. The lowest BCUT2D eigenvalue weighted by molar-refractivity contribution is 0.227. The van der Waals surface area contributed by atoms with Crippen LogP contribution in [0, 0.1) is 0 Å². The average molecular weight is 514 g/mol. The van der Waals surface area contributed by atoms with Crippen molar-refractivity contribution in [3.63, 3.8) is 0 Å². The molecule has 1 saturated heterocycles. The Bertz CT molecular complexity index is 1320. The fraction of sp³-hybridized carbons (Fsp3) is 0.333. The van der Waals surface area contributed by atoms with Crippen molar-refractivity contribution in [2.75, 3.05) is 24.6 Å². The summed E-state index contributed by atoms with van der Waals surface area (Å²) in [6.45, 7) is 3.42. The number of nitrogens with zero attached hydrogens (tertiary/aromatic N) is 5. The summed E-state index contributed by atoms with van der Waals surface area (Å²) in [6, 6.07) is 9.48. The van der Waals surface area contributed by atoms with Gasteiger partial charge in [-0.05, 0) is 50.1 Å². The molecule has 4 aromatic rings. The first-order valence-electron chi connectivity index (χ1n) is 11.3. The highest BCUT2D eigenvalue weighted by Gasteiger charge is 2.39. The summed E-state index contributed by atoms with van der Waals surface area (Å²) in [7, 11) is 0. The molecule has 35 heavy (non-hydrogen) atoms. The standard InChI is InChI=1S/C24H25Cl2N7O2/c1-14(22-17(25)10-28-11-18(22)26)35-15-3-4-19-16(9-15)23(32-29-19)20-5-6-21(31-30-20)33-12-24(27,13-33)7-2-8-34/h3-6,9-11,14,34H,2,7-8,12-13,27H2,1H3,(H,29,32)/t14-/m1/s1. The Morgan fingerprint density at radius 3 is 2.63 bits per heavy atom. The third kappa shape index (κ3) is 4.77. The molecule has 0 unspecified atom stereocenters. The lowest BCUT2D eigenvalue weighted by atomic mass is 9.86. The highest BCUT2D eigenvalue weighted by Crippen LogP contribution is 2.35. The number of benzene rings is 1. The lowest BCUT2D eigenvalue weighted by Gasteiger charge is -2.48. The van der Waals surface area contributed by atoms with E-state index < -0.39 is 0 Å². The van der Waals surface area contributed by atoms with Crippen molar-refractivity contribution in [1.82, 2.24) is 25.4 Å². The largest absolute Gasteiger partial charge is 0.486 e. The van der Waals surface area contributed by atoms with Gasteiger partial charge >= 0.3 is 0 Å². The van der Waals surface area contributed by atoms with Gasteiger partial charge in [0, 0.05) is 43.0 Å². The Kier molecular flexibility index (Phi) is 6.50. The van der Waals surface area contributed by atoms with E-state index >= 15 is 0 Å². The summed E-state index contributed by atoms with van der Waals surface area (Å²) < 4.78 is 6.14. The molecule has 9 nitrogen and oxygen atoms in total. The second-order valence-electron chi connectivity index (χ2n) is 8.88. The number of fused-ring (bicyclic) bond motifs is 1. The number of hydrogen-bond acceptors (Lipinski definition) is 8. The number of ether oxygens (including phenoxy) is 1. The summed E-state index contributed by atoms with van der Waals surface area (Å²) in [4.78, 5) is 6.08. The molecule has 1 aliphatic heterocycles. The van der Waals surface area contributed by atoms with Gasteiger partial charge in [0.05, 0.1) is 21.1 Å². The first kappa shape index (κ1) is 23.7. The van der Waals surface area contributed by atoms with Gasteiger partial charge in [-0.1, -0.05) is 23.2 Å². The molecule has 3 aromatic heterocycles. The molecule has 4 N–H and O–H groups in total. The number of hydrogen-bond donors (Lipinski definition) is 3. The van der Waals surface area contributed by atoms with Gasteiger partial charge in [0.2, 0.25) is 0 Å². The highest BCUT2D eigenvalue weighted by molar-refractivity contribution is 6.35. The summed E-state index contributed by atoms with van der Waals surface area (Å²) >= 11 is 12.6. The number of aromatic nitrogens is 5. The van der Waals surface area contributed by atoms with Crippen LogP contribution >= 0.6 is 23.2 Å². The molecule has 0 aliphatic carbocycles. The number of nitrogens with two attached hydrogens (primary N) is 1. The van der Waals surface area contributed by atoms with Crippen LogP contribution in [0.15, 0.2) is 42.7 Å². The number of anilines is 1. The van der Waals surface area contributed by atoms with E-state index in [0.29, 0.717) is 52.3 Å². The molecule has 0 bridgehead atoms. The molecular weight excluding hydrogens is 489 g/mol. The van der Waals surface area contributed by atoms with E-state index in [1.165, 1.54) is 0 Å². The van der Waals surface area contributed by atoms with Gasteiger partial charge in [0.15, 0.2) is 5.82 Å². The van der Waals surface area contributed by atoms with Gasteiger partial charge in [-0.25, -0.2) is 0 Å². The van der Waals surface area contributed by atoms with Crippen LogP contribution in [-0.4, -0.2) is 55.7 Å². The summed E-state index contributed by atoms with van der Waals surface area (Å²) in [5.74, 6) is 1.41. The minimum Gasteiger partial charge on any atom is -0.486 e. The Hall–Kier alpha value is -2.98. The molecular formula is C24H25Cl2N7O2. The number of H-pyrrole nitrogens is 1. The van der Waals surface area contributed by atoms with Crippen molar-refractivity contribution in [3.8, 4) is 17.1 Å². The number of aliphatic hydroxyl groups is 1. The van der Waals surface area contributed by atoms with E-state index in [9.17, 15) is 0 Å². The van der Waals surface area contributed by atoms with Crippen LogP contribution in [0.4, 0.5) is 5.82 Å². The average Bonchev–Trinajstić information content (AvgIpc) is 3.24. The second-order valence-corrected chi connectivity index (χ2v) is 9.69. The Morgan fingerprint density at radius 1 is 1.17 bits per heavy atom. The quantitative estimate of drug-likeness (QED) is 0.320. The van der Waals surface area contributed by atoms with Crippen LogP contribution in [0.3, 0.4) is 0 Å². The first-order valence-corrected chi connectivity index (χ1v) is 12.0. The fourth-order valence-corrected chi connectivity index (χ4v) is 5.09. The monoisotopic (exact) mass is 513 g/mol. The molecule has 182 valence electrons. The predicted octanol–water partition coefficient (Wildman–Crippen LogP) is 4.15. The molecule has 1 aromatic carbocycles. The molecule has 0 radical (unpaired) electrons. The van der Waals surface area contributed by atoms with Gasteiger partial charge in [0.25, 0.3) is 0 Å². The number of aliphatic hydroxyl groups excluding tert-OH is 1. The van der Waals surface area contributed by atoms with Gasteiger partial charge in [-0.3, -0.25) is 10.1 Å². The summed E-state index contributed by atoms with van der Waals surface area (Å²) in [5, 5.41) is 27.1. The van der Waals surface area contributed by atoms with Gasteiger partial charge in [-0.15, -0.1) is 10.2 Å². The van der Waals surface area contributed by atoms with E-state index in [-0.39, 0.29) is 18.2 Å². The van der Waals surface area contributed by atoms with Crippen molar-refractivity contribution >= 4 is 39.9 Å². The third-order valence-corrected chi connectivity index (χ3v) is 6.81. The van der Waals surface area contributed by atoms with Crippen LogP contribution in [0.5, 0.6) is 5.75 Å². The number of rotatable bonds is 8. The molecule has 0 saturated carbocycles. The van der Waals surface area contributed by atoms with E-state index in [1.807, 2.05) is 37.3 Å². The number of aromatic amines is 1. The van der Waals surface area contributed by atoms with Crippen LogP contribution in [0.2, 0.25) is 10.0 Å². The van der Waals surface area contributed by atoms with Crippen molar-refractivity contribution < 1.29 is 9.84 Å². The second kappa shape index (κ2) is 9.58. The predicted molar refractivity (Wildman–Crippen MR) is 136 cm³/mol. The Labute approximate surface area is 212 Å². The normalized spacial score (nSPS) is 15.7. The molecule has 1 aliphatic rings. The maximum absolute atomic E-state index is 9.04. The van der Waals surface area contributed by atoms with Crippen molar-refractivity contribution in [3.05, 3.63) is 58.3 Å². The zero-order chi connectivity index (χ0) is 24.6. The van der Waals surface area contributed by atoms with Gasteiger partial charge in [0.1, 0.15) is 23.2 Å². The zero-order valence-corrected chi connectivity index (χ0v) is 20.6. The van der Waals surface area contributed by atoms with E-state index in [1.54, 1.807) is 12.4 Å². The molecule has 0 spiro atoms. The SMILES string of the molecule is C[C@@H](Oc1ccc2[nH]nc(-c3ccc(N4CC(N)(CCCO)C4)nn3)c2c1)c1c(Cl)cncc1Cl. The van der Waals surface area contributed by atoms with Crippen molar-refractivity contribution in [2.45, 2.75) is 31.4 Å². The fourth-order valence-electron chi connectivity index (χ4n) is 4.42. The van der Waals surface area contributed by atoms with Gasteiger partial charge in [-0.2, -0.15) is 5.10 Å². The van der Waals surface area contributed by atoms with Crippen LogP contribution < -0.4 is 15.4 Å². The highest BCUT2D eigenvalue weighted by atomic mass is 35.5. The Morgan fingerprint density at radius 2 is 1.94 bits per heavy atom. The molecule has 11 heteroatoms. The van der Waals surface area contributed by atoms with E-state index in [0.717, 1.165) is 23.1 Å². The minimum atomic E-state index is -0.381. The summed E-state index contributed by atoms with van der Waals surface area (Å²) in [5.41, 5.74) is 8.92. The minimum absolute atomic E-state index is 0.155. The third-order valence-electron chi connectivity index (χ3n) is 6.21. The van der Waals surface area contributed by atoms with Gasteiger partial charge < -0.3 is 20.5 Å². The number of nitrogens with one attached hydrogen (secondary N) is 1. The molecule has 5 rings (SSSR count). The first-order chi connectivity index (χ1) is 16.9.